The molecule has 0 bridgehead atoms. The predicted octanol–water partition coefficient (Wildman–Crippen LogP) is 6.64. The number of carbonyl (C=O) groups excluding carboxylic acids is 1. The molecule has 1 heterocycles. The topological polar surface area (TPSA) is 109 Å². The van der Waals surface area contributed by atoms with Crippen molar-refractivity contribution in [3.63, 3.8) is 0 Å². The van der Waals surface area contributed by atoms with Crippen LogP contribution >= 0.6 is 38.9 Å². The largest absolute Gasteiger partial charge is 0.493 e. The number of hydrogen-bond donors (Lipinski definition) is 2. The van der Waals surface area contributed by atoms with Crippen LogP contribution in [0.25, 0.3) is 11.3 Å². The van der Waals surface area contributed by atoms with E-state index in [9.17, 15) is 4.79 Å². The summed E-state index contributed by atoms with van der Waals surface area (Å²) in [5.41, 5.74) is 6.20. The van der Waals surface area contributed by atoms with Gasteiger partial charge in [-0.05, 0) is 64.5 Å². The monoisotopic (exact) mass is 595 g/mol. The van der Waals surface area contributed by atoms with Crippen LogP contribution in [-0.4, -0.2) is 30.8 Å². The Balaban J connectivity index is 1.38. The lowest BCUT2D eigenvalue weighted by Crippen LogP contribution is -2.17. The van der Waals surface area contributed by atoms with Gasteiger partial charge in [-0.15, -0.1) is 11.3 Å². The maximum absolute atomic E-state index is 12.5. The van der Waals surface area contributed by atoms with E-state index in [1.807, 2.05) is 47.8 Å². The summed E-state index contributed by atoms with van der Waals surface area (Å²) in [6, 6.07) is 19.8. The zero-order valence-electron chi connectivity index (χ0n) is 19.4. The first-order valence-corrected chi connectivity index (χ1v) is 12.8. The summed E-state index contributed by atoms with van der Waals surface area (Å²) in [6.45, 7) is -0.102. The molecule has 37 heavy (non-hydrogen) atoms. The van der Waals surface area contributed by atoms with Crippen LogP contribution in [0, 0.1) is 11.3 Å². The molecule has 0 aliphatic rings. The van der Waals surface area contributed by atoms with Crippen LogP contribution in [0.3, 0.4) is 0 Å². The number of amides is 1. The van der Waals surface area contributed by atoms with Crippen molar-refractivity contribution in [1.82, 2.24) is 10.4 Å². The van der Waals surface area contributed by atoms with Crippen molar-refractivity contribution in [1.29, 1.82) is 5.26 Å². The maximum atomic E-state index is 12.5. The van der Waals surface area contributed by atoms with E-state index in [1.54, 1.807) is 24.3 Å². The molecule has 186 valence electrons. The quantitative estimate of drug-likeness (QED) is 0.166. The molecule has 2 N–H and O–H groups in total. The summed E-state index contributed by atoms with van der Waals surface area (Å²) < 4.78 is 11.3. The van der Waals surface area contributed by atoms with Crippen molar-refractivity contribution in [3.05, 3.63) is 86.7 Å². The van der Waals surface area contributed by atoms with E-state index in [2.05, 4.69) is 36.8 Å². The number of hydrazone groups is 1. The highest BCUT2D eigenvalue weighted by atomic mass is 79.9. The van der Waals surface area contributed by atoms with Crippen molar-refractivity contribution in [3.8, 4) is 28.8 Å². The lowest BCUT2D eigenvalue weighted by Gasteiger charge is -2.10. The number of thiazole rings is 1. The van der Waals surface area contributed by atoms with Gasteiger partial charge in [0, 0.05) is 37.3 Å². The Bertz CT molecular complexity index is 1470. The first-order valence-electron chi connectivity index (χ1n) is 10.8. The van der Waals surface area contributed by atoms with Crippen LogP contribution in [0.2, 0.25) is 5.02 Å². The minimum atomic E-state index is -0.358. The second-order valence-corrected chi connectivity index (χ2v) is 9.57. The van der Waals surface area contributed by atoms with Gasteiger partial charge in [0.05, 0.1) is 19.0 Å². The van der Waals surface area contributed by atoms with E-state index < -0.39 is 0 Å². The molecule has 0 aliphatic carbocycles. The maximum Gasteiger partial charge on any atom is 0.271 e. The van der Waals surface area contributed by atoms with Gasteiger partial charge in [0.15, 0.2) is 23.2 Å². The molecule has 0 saturated carbocycles. The van der Waals surface area contributed by atoms with Gasteiger partial charge in [-0.25, -0.2) is 10.4 Å². The lowest BCUT2D eigenvalue weighted by molar-refractivity contribution is 0.0955. The van der Waals surface area contributed by atoms with E-state index in [1.165, 1.54) is 24.7 Å². The first-order chi connectivity index (χ1) is 18.0. The number of methoxy groups -OCH3 is 1. The molecular weight excluding hydrogens is 578 g/mol. The van der Waals surface area contributed by atoms with Crippen molar-refractivity contribution < 1.29 is 14.3 Å². The van der Waals surface area contributed by atoms with Crippen molar-refractivity contribution in [2.45, 2.75) is 0 Å². The number of rotatable bonds is 9. The van der Waals surface area contributed by atoms with Gasteiger partial charge in [0.1, 0.15) is 6.07 Å². The first kappa shape index (κ1) is 26.2. The minimum absolute atomic E-state index is 0.102. The Labute approximate surface area is 230 Å². The Morgan fingerprint density at radius 1 is 1.19 bits per heavy atom. The molecule has 0 spiro atoms. The van der Waals surface area contributed by atoms with Crippen LogP contribution < -0.4 is 20.2 Å². The number of anilines is 2. The molecule has 4 rings (SSSR count). The molecule has 0 atom stereocenters. The minimum Gasteiger partial charge on any atom is -0.493 e. The molecule has 0 fully saturated rings. The van der Waals surface area contributed by atoms with E-state index in [0.717, 1.165) is 22.1 Å². The highest BCUT2D eigenvalue weighted by Crippen LogP contribution is 2.33. The van der Waals surface area contributed by atoms with Gasteiger partial charge in [-0.3, -0.25) is 4.79 Å². The molecular formula is C26H19BrClN5O3S. The summed E-state index contributed by atoms with van der Waals surface area (Å²) in [4.78, 5) is 17.2. The second kappa shape index (κ2) is 12.4. The summed E-state index contributed by atoms with van der Waals surface area (Å²) in [5.74, 6) is 0.504. The standard InChI is InChI=1S/C26H19BrClN5O3S/c1-35-23-12-18(21(27)13-24(23)36-11-10-29)14-30-33-25(34)17-4-2-16(3-5-17)22-15-37-26(32-22)31-20-8-6-19(28)7-9-20/h2-9,12-15H,11H2,1H3,(H,31,32)(H,33,34)/b30-14-. The summed E-state index contributed by atoms with van der Waals surface area (Å²) >= 11 is 10.8. The Hall–Kier alpha value is -3.91. The number of nitrogens with one attached hydrogen (secondary N) is 2. The number of benzene rings is 3. The average molecular weight is 597 g/mol. The van der Waals surface area contributed by atoms with Gasteiger partial charge >= 0.3 is 0 Å². The number of carbonyl (C=O) groups is 1. The zero-order valence-corrected chi connectivity index (χ0v) is 22.5. The Kier molecular flexibility index (Phi) is 8.74. The van der Waals surface area contributed by atoms with Crippen LogP contribution in [-0.2, 0) is 0 Å². The van der Waals surface area contributed by atoms with E-state index in [-0.39, 0.29) is 12.5 Å². The number of aromatic nitrogens is 1. The summed E-state index contributed by atoms with van der Waals surface area (Å²) in [7, 11) is 1.50. The fourth-order valence-electron chi connectivity index (χ4n) is 3.17. The van der Waals surface area contributed by atoms with Gasteiger partial charge in [0.25, 0.3) is 5.91 Å². The van der Waals surface area contributed by atoms with Crippen LogP contribution in [0.4, 0.5) is 10.8 Å². The van der Waals surface area contributed by atoms with Gasteiger partial charge in [-0.1, -0.05) is 23.7 Å². The van der Waals surface area contributed by atoms with Crippen LogP contribution in [0.5, 0.6) is 11.5 Å². The predicted molar refractivity (Wildman–Crippen MR) is 149 cm³/mol. The van der Waals surface area contributed by atoms with E-state index >= 15 is 0 Å². The highest BCUT2D eigenvalue weighted by Gasteiger charge is 2.11. The van der Waals surface area contributed by atoms with E-state index in [4.69, 9.17) is 26.3 Å². The smallest absolute Gasteiger partial charge is 0.271 e. The number of nitriles is 1. The van der Waals surface area contributed by atoms with Gasteiger partial charge < -0.3 is 14.8 Å². The van der Waals surface area contributed by atoms with Crippen LogP contribution in [0.1, 0.15) is 15.9 Å². The molecule has 0 aliphatic heterocycles. The fourth-order valence-corrected chi connectivity index (χ4v) is 4.46. The number of ether oxygens (including phenoxy) is 2. The third-order valence-corrected chi connectivity index (χ3v) is 6.68. The van der Waals surface area contributed by atoms with Gasteiger partial charge in [-0.2, -0.15) is 10.4 Å². The molecule has 4 aromatic rings. The number of nitrogens with zero attached hydrogens (tertiary/aromatic N) is 3. The normalized spacial score (nSPS) is 10.6. The van der Waals surface area contributed by atoms with Crippen molar-refractivity contribution >= 4 is 61.8 Å². The third-order valence-electron chi connectivity index (χ3n) is 4.99. The van der Waals surface area contributed by atoms with Crippen LogP contribution in [0.15, 0.2) is 75.6 Å². The average Bonchev–Trinajstić information content (AvgIpc) is 3.38. The highest BCUT2D eigenvalue weighted by molar-refractivity contribution is 9.10. The SMILES string of the molecule is COc1cc(/C=N\NC(=O)c2ccc(-c3csc(Nc4ccc(Cl)cc4)n3)cc2)c(Br)cc1OCC#N. The Morgan fingerprint density at radius 2 is 1.95 bits per heavy atom. The van der Waals surface area contributed by atoms with Crippen molar-refractivity contribution in [2.24, 2.45) is 5.10 Å². The molecule has 11 heteroatoms. The van der Waals surface area contributed by atoms with Crippen molar-refractivity contribution in [2.75, 3.05) is 19.0 Å². The molecule has 8 nitrogen and oxygen atoms in total. The van der Waals surface area contributed by atoms with E-state index in [0.29, 0.717) is 32.1 Å². The number of hydrogen-bond acceptors (Lipinski definition) is 8. The molecule has 3 aromatic carbocycles. The lowest BCUT2D eigenvalue weighted by atomic mass is 10.1. The molecule has 0 unspecified atom stereocenters. The Morgan fingerprint density at radius 3 is 2.65 bits per heavy atom. The molecule has 1 amide bonds. The summed E-state index contributed by atoms with van der Waals surface area (Å²) in [6.07, 6.45) is 1.48. The zero-order chi connectivity index (χ0) is 26.2. The van der Waals surface area contributed by atoms with Gasteiger partial charge in [0.2, 0.25) is 0 Å². The molecule has 1 aromatic heterocycles. The number of halogens is 2. The summed E-state index contributed by atoms with van der Waals surface area (Å²) in [5, 5.41) is 19.4. The molecule has 0 saturated heterocycles. The third kappa shape index (κ3) is 6.86. The fraction of sp³-hybridized carbons (Fsp3) is 0.0769. The molecule has 0 radical (unpaired) electrons. The second-order valence-electron chi connectivity index (χ2n) is 7.42.